The Bertz CT molecular complexity index is 725. The number of anilines is 1. The van der Waals surface area contributed by atoms with Crippen molar-refractivity contribution in [3.8, 4) is 5.75 Å². The molecule has 1 N–H and O–H groups in total. The second-order valence-electron chi connectivity index (χ2n) is 5.33. The SMILES string of the molecule is Cc1cc(C)cc(NC(=O)COC(=O)COc2cccc(Cl)c2)c1. The molecule has 1 amide bonds. The molecule has 0 spiro atoms. The Labute approximate surface area is 145 Å². The normalized spacial score (nSPS) is 10.1. The third kappa shape index (κ3) is 5.93. The van der Waals surface area contributed by atoms with E-state index in [9.17, 15) is 9.59 Å². The molecule has 0 heterocycles. The first-order chi connectivity index (χ1) is 11.4. The van der Waals surface area contributed by atoms with Crippen molar-refractivity contribution in [1.82, 2.24) is 0 Å². The number of carbonyl (C=O) groups is 2. The summed E-state index contributed by atoms with van der Waals surface area (Å²) in [5.74, 6) is -0.583. The first kappa shape index (κ1) is 17.8. The average Bonchev–Trinajstić information content (AvgIpc) is 2.50. The van der Waals surface area contributed by atoms with Gasteiger partial charge in [0.15, 0.2) is 13.2 Å². The van der Waals surface area contributed by atoms with E-state index < -0.39 is 11.9 Å². The van der Waals surface area contributed by atoms with Gasteiger partial charge >= 0.3 is 5.97 Å². The van der Waals surface area contributed by atoms with Crippen LogP contribution in [-0.4, -0.2) is 25.1 Å². The first-order valence-corrected chi connectivity index (χ1v) is 7.72. The molecule has 0 fully saturated rings. The molecule has 2 rings (SSSR count). The van der Waals surface area contributed by atoms with Crippen molar-refractivity contribution in [2.45, 2.75) is 13.8 Å². The zero-order chi connectivity index (χ0) is 17.5. The second-order valence-corrected chi connectivity index (χ2v) is 5.77. The summed E-state index contributed by atoms with van der Waals surface area (Å²) in [5, 5.41) is 3.19. The minimum Gasteiger partial charge on any atom is -0.482 e. The molecule has 126 valence electrons. The minimum atomic E-state index is -0.634. The second kappa shape index (κ2) is 8.36. The Balaban J connectivity index is 1.75. The molecule has 2 aromatic rings. The summed E-state index contributed by atoms with van der Waals surface area (Å²) in [7, 11) is 0. The number of rotatable bonds is 6. The molecule has 24 heavy (non-hydrogen) atoms. The van der Waals surface area contributed by atoms with Gasteiger partial charge in [0.1, 0.15) is 5.75 Å². The van der Waals surface area contributed by atoms with Crippen LogP contribution >= 0.6 is 11.6 Å². The lowest BCUT2D eigenvalue weighted by atomic mass is 10.1. The number of halogens is 1. The van der Waals surface area contributed by atoms with Crippen molar-refractivity contribution in [2.24, 2.45) is 0 Å². The van der Waals surface area contributed by atoms with Gasteiger partial charge in [-0.05, 0) is 55.3 Å². The van der Waals surface area contributed by atoms with Crippen molar-refractivity contribution in [3.05, 3.63) is 58.6 Å². The van der Waals surface area contributed by atoms with Crippen LogP contribution in [0.5, 0.6) is 5.75 Å². The number of benzene rings is 2. The van der Waals surface area contributed by atoms with E-state index in [0.29, 0.717) is 16.5 Å². The van der Waals surface area contributed by atoms with Gasteiger partial charge in [-0.15, -0.1) is 0 Å². The molecule has 0 unspecified atom stereocenters. The van der Waals surface area contributed by atoms with Gasteiger partial charge in [-0.3, -0.25) is 4.79 Å². The van der Waals surface area contributed by atoms with E-state index in [4.69, 9.17) is 21.1 Å². The Morgan fingerprint density at radius 3 is 2.42 bits per heavy atom. The molecular formula is C18H18ClNO4. The molecule has 0 bridgehead atoms. The van der Waals surface area contributed by atoms with Crippen LogP contribution in [0, 0.1) is 13.8 Å². The van der Waals surface area contributed by atoms with Crippen molar-refractivity contribution in [1.29, 1.82) is 0 Å². The number of hydrogen-bond acceptors (Lipinski definition) is 4. The number of hydrogen-bond donors (Lipinski definition) is 1. The van der Waals surface area contributed by atoms with Gasteiger partial charge in [0, 0.05) is 10.7 Å². The fourth-order valence-electron chi connectivity index (χ4n) is 2.13. The van der Waals surface area contributed by atoms with E-state index in [1.807, 2.05) is 32.0 Å². The molecule has 0 aliphatic carbocycles. The van der Waals surface area contributed by atoms with Crippen LogP contribution in [0.4, 0.5) is 5.69 Å². The van der Waals surface area contributed by atoms with Gasteiger partial charge in [0.25, 0.3) is 5.91 Å². The van der Waals surface area contributed by atoms with Crippen LogP contribution < -0.4 is 10.1 Å². The molecule has 0 saturated heterocycles. The highest BCUT2D eigenvalue weighted by atomic mass is 35.5. The Kier molecular flexibility index (Phi) is 6.21. The Morgan fingerprint density at radius 1 is 1.04 bits per heavy atom. The topological polar surface area (TPSA) is 64.6 Å². The third-order valence-corrected chi connectivity index (χ3v) is 3.26. The largest absolute Gasteiger partial charge is 0.482 e. The summed E-state index contributed by atoms with van der Waals surface area (Å²) in [6.45, 7) is 3.22. The summed E-state index contributed by atoms with van der Waals surface area (Å²) in [5.41, 5.74) is 2.75. The minimum absolute atomic E-state index is 0.294. The summed E-state index contributed by atoms with van der Waals surface area (Å²) >= 11 is 5.81. The first-order valence-electron chi connectivity index (χ1n) is 7.34. The van der Waals surface area contributed by atoms with E-state index in [2.05, 4.69) is 5.32 Å². The molecule has 5 nitrogen and oxygen atoms in total. The molecule has 6 heteroatoms. The predicted molar refractivity (Wildman–Crippen MR) is 92.5 cm³/mol. The van der Waals surface area contributed by atoms with Crippen molar-refractivity contribution in [3.63, 3.8) is 0 Å². The fourth-order valence-corrected chi connectivity index (χ4v) is 2.31. The van der Waals surface area contributed by atoms with Gasteiger partial charge in [-0.1, -0.05) is 23.7 Å². The lowest BCUT2D eigenvalue weighted by Gasteiger charge is -2.09. The van der Waals surface area contributed by atoms with Crippen LogP contribution in [0.1, 0.15) is 11.1 Å². The predicted octanol–water partition coefficient (Wildman–Crippen LogP) is 3.52. The van der Waals surface area contributed by atoms with Crippen LogP contribution in [0.15, 0.2) is 42.5 Å². The van der Waals surface area contributed by atoms with Gasteiger partial charge in [0.05, 0.1) is 0 Å². The van der Waals surface area contributed by atoms with Crippen molar-refractivity contribution >= 4 is 29.2 Å². The maximum absolute atomic E-state index is 11.8. The maximum Gasteiger partial charge on any atom is 0.344 e. The van der Waals surface area contributed by atoms with E-state index in [1.165, 1.54) is 0 Å². The highest BCUT2D eigenvalue weighted by Gasteiger charge is 2.09. The maximum atomic E-state index is 11.8. The smallest absolute Gasteiger partial charge is 0.344 e. The molecule has 0 radical (unpaired) electrons. The van der Waals surface area contributed by atoms with E-state index in [1.54, 1.807) is 24.3 Å². The van der Waals surface area contributed by atoms with Gasteiger partial charge in [-0.2, -0.15) is 0 Å². The monoisotopic (exact) mass is 347 g/mol. The van der Waals surface area contributed by atoms with Crippen LogP contribution in [0.25, 0.3) is 0 Å². The number of carbonyl (C=O) groups excluding carboxylic acids is 2. The molecular weight excluding hydrogens is 330 g/mol. The van der Waals surface area contributed by atoms with E-state index in [-0.39, 0.29) is 13.2 Å². The van der Waals surface area contributed by atoms with Crippen LogP contribution in [0.2, 0.25) is 5.02 Å². The molecule has 0 aliphatic rings. The quantitative estimate of drug-likeness (QED) is 0.812. The molecule has 0 aliphatic heterocycles. The highest BCUT2D eigenvalue weighted by Crippen LogP contribution is 2.17. The average molecular weight is 348 g/mol. The molecule has 0 atom stereocenters. The zero-order valence-corrected chi connectivity index (χ0v) is 14.2. The number of ether oxygens (including phenoxy) is 2. The number of amides is 1. The molecule has 2 aromatic carbocycles. The van der Waals surface area contributed by atoms with Crippen molar-refractivity contribution in [2.75, 3.05) is 18.5 Å². The highest BCUT2D eigenvalue weighted by molar-refractivity contribution is 6.30. The van der Waals surface area contributed by atoms with E-state index >= 15 is 0 Å². The number of nitrogens with one attached hydrogen (secondary N) is 1. The van der Waals surface area contributed by atoms with Gasteiger partial charge < -0.3 is 14.8 Å². The van der Waals surface area contributed by atoms with Crippen LogP contribution in [-0.2, 0) is 14.3 Å². The molecule has 0 saturated carbocycles. The van der Waals surface area contributed by atoms with Gasteiger partial charge in [0.2, 0.25) is 0 Å². The summed E-state index contributed by atoms with van der Waals surface area (Å²) in [4.78, 5) is 23.4. The van der Waals surface area contributed by atoms with Crippen molar-refractivity contribution < 1.29 is 19.1 Å². The van der Waals surface area contributed by atoms with E-state index in [0.717, 1.165) is 11.1 Å². The van der Waals surface area contributed by atoms with Crippen LogP contribution in [0.3, 0.4) is 0 Å². The molecule has 0 aromatic heterocycles. The lowest BCUT2D eigenvalue weighted by Crippen LogP contribution is -2.23. The Morgan fingerprint density at radius 2 is 1.75 bits per heavy atom. The fraction of sp³-hybridized carbons (Fsp3) is 0.222. The summed E-state index contributed by atoms with van der Waals surface area (Å²) in [6, 6.07) is 12.4. The number of aryl methyl sites for hydroxylation is 2. The number of esters is 1. The summed E-state index contributed by atoms with van der Waals surface area (Å²) in [6.07, 6.45) is 0. The zero-order valence-electron chi connectivity index (χ0n) is 13.5. The Hall–Kier alpha value is -2.53. The lowest BCUT2D eigenvalue weighted by molar-refractivity contribution is -0.149. The van der Waals surface area contributed by atoms with Gasteiger partial charge in [-0.25, -0.2) is 4.79 Å². The summed E-state index contributed by atoms with van der Waals surface area (Å²) < 4.78 is 10.1. The third-order valence-electron chi connectivity index (χ3n) is 3.02. The standard InChI is InChI=1S/C18H18ClNO4/c1-12-6-13(2)8-15(7-12)20-17(21)10-24-18(22)11-23-16-5-3-4-14(19)9-16/h3-9H,10-11H2,1-2H3,(H,20,21).